The summed E-state index contributed by atoms with van der Waals surface area (Å²) in [4.78, 5) is 12.0. The summed E-state index contributed by atoms with van der Waals surface area (Å²) in [5.41, 5.74) is 2.69. The molecule has 1 saturated heterocycles. The Balaban J connectivity index is 2.08. The van der Waals surface area contributed by atoms with Crippen LogP contribution in [0.5, 0.6) is 0 Å². The van der Waals surface area contributed by atoms with Crippen LogP contribution in [0.25, 0.3) is 0 Å². The second-order valence-corrected chi connectivity index (χ2v) is 6.21. The van der Waals surface area contributed by atoms with Gasteiger partial charge in [0, 0.05) is 23.8 Å². The number of amides is 1. The smallest absolute Gasteiger partial charge is 0.251 e. The molecular weight excluding hydrogens is 272 g/mol. The van der Waals surface area contributed by atoms with Crippen molar-refractivity contribution in [2.75, 3.05) is 30.0 Å². The van der Waals surface area contributed by atoms with Crippen molar-refractivity contribution < 1.29 is 9.90 Å². The molecule has 0 unspecified atom stereocenters. The third-order valence-electron chi connectivity index (χ3n) is 3.56. The number of nitrogens with one attached hydrogen (secondary N) is 2. The Kier molecular flexibility index (Phi) is 5.73. The van der Waals surface area contributed by atoms with Crippen LogP contribution in [0.3, 0.4) is 0 Å². The molecule has 1 amide bonds. The van der Waals surface area contributed by atoms with Crippen molar-refractivity contribution in [3.05, 3.63) is 29.3 Å². The van der Waals surface area contributed by atoms with Crippen molar-refractivity contribution in [2.24, 2.45) is 0 Å². The summed E-state index contributed by atoms with van der Waals surface area (Å²) < 4.78 is 0. The quantitative estimate of drug-likeness (QED) is 0.777. The Morgan fingerprint density at radius 3 is 2.85 bits per heavy atom. The number of hydrogen-bond donors (Lipinski definition) is 3. The fraction of sp³-hybridized carbons (Fsp3) is 0.533. The van der Waals surface area contributed by atoms with Crippen molar-refractivity contribution in [3.8, 4) is 0 Å². The molecule has 0 aromatic heterocycles. The molecule has 1 aliphatic rings. The van der Waals surface area contributed by atoms with E-state index in [2.05, 4.69) is 10.6 Å². The van der Waals surface area contributed by atoms with Gasteiger partial charge >= 0.3 is 0 Å². The first kappa shape index (κ1) is 15.2. The highest BCUT2D eigenvalue weighted by Crippen LogP contribution is 2.24. The van der Waals surface area contributed by atoms with Crippen LogP contribution in [-0.4, -0.2) is 41.7 Å². The van der Waals surface area contributed by atoms with E-state index < -0.39 is 0 Å². The van der Waals surface area contributed by atoms with Crippen molar-refractivity contribution in [1.29, 1.82) is 0 Å². The number of anilines is 1. The van der Waals surface area contributed by atoms with Crippen LogP contribution in [0.2, 0.25) is 0 Å². The number of aliphatic hydroxyl groups is 1. The molecule has 110 valence electrons. The lowest BCUT2D eigenvalue weighted by atomic mass is 10.0. The molecule has 20 heavy (non-hydrogen) atoms. The van der Waals surface area contributed by atoms with E-state index in [-0.39, 0.29) is 19.1 Å². The van der Waals surface area contributed by atoms with E-state index >= 15 is 0 Å². The number of aliphatic hydroxyl groups excluding tert-OH is 1. The molecule has 1 aromatic carbocycles. The van der Waals surface area contributed by atoms with Crippen molar-refractivity contribution in [3.63, 3.8) is 0 Å². The predicted octanol–water partition coefficient (Wildman–Crippen LogP) is 2.02. The van der Waals surface area contributed by atoms with Crippen LogP contribution in [-0.2, 0) is 0 Å². The molecule has 0 atom stereocenters. The number of carbonyl (C=O) groups is 1. The molecule has 3 N–H and O–H groups in total. The highest BCUT2D eigenvalue weighted by molar-refractivity contribution is 7.99. The first-order valence-corrected chi connectivity index (χ1v) is 8.21. The second kappa shape index (κ2) is 7.55. The summed E-state index contributed by atoms with van der Waals surface area (Å²) in [6, 6.07) is 6.26. The number of rotatable bonds is 5. The summed E-state index contributed by atoms with van der Waals surface area (Å²) in [6.45, 7) is 2.21. The zero-order valence-corrected chi connectivity index (χ0v) is 12.6. The number of carbonyl (C=O) groups excluding carboxylic acids is 1. The van der Waals surface area contributed by atoms with Gasteiger partial charge in [-0.05, 0) is 49.0 Å². The SMILES string of the molecule is Cc1c(NC2CCSCC2)cccc1C(=O)NCCO. The minimum absolute atomic E-state index is 0.0392. The summed E-state index contributed by atoms with van der Waals surface area (Å²) in [6.07, 6.45) is 2.34. The standard InChI is InChI=1S/C15H22N2O2S/c1-11-13(15(19)16-7-8-18)3-2-4-14(11)17-12-5-9-20-10-6-12/h2-4,12,17-18H,5-10H2,1H3,(H,16,19). The van der Waals surface area contributed by atoms with E-state index in [9.17, 15) is 4.79 Å². The lowest BCUT2D eigenvalue weighted by molar-refractivity contribution is 0.0944. The average Bonchev–Trinajstić information content (AvgIpc) is 2.48. The van der Waals surface area contributed by atoms with Gasteiger partial charge < -0.3 is 15.7 Å². The minimum Gasteiger partial charge on any atom is -0.395 e. The number of thioether (sulfide) groups is 1. The maximum absolute atomic E-state index is 12.0. The molecule has 2 rings (SSSR count). The van der Waals surface area contributed by atoms with Crippen molar-refractivity contribution in [1.82, 2.24) is 5.32 Å². The molecule has 1 aliphatic heterocycles. The van der Waals surface area contributed by atoms with Crippen LogP contribution in [0, 0.1) is 6.92 Å². The maximum atomic E-state index is 12.0. The van der Waals surface area contributed by atoms with Gasteiger partial charge in [0.05, 0.1) is 6.61 Å². The molecule has 0 radical (unpaired) electrons. The van der Waals surface area contributed by atoms with E-state index in [0.717, 1.165) is 11.3 Å². The lowest BCUT2D eigenvalue weighted by Gasteiger charge is -2.25. The van der Waals surface area contributed by atoms with Gasteiger partial charge in [0.2, 0.25) is 0 Å². The fourth-order valence-electron chi connectivity index (χ4n) is 2.36. The van der Waals surface area contributed by atoms with Crippen LogP contribution in [0.1, 0.15) is 28.8 Å². The molecular formula is C15H22N2O2S. The van der Waals surface area contributed by atoms with Crippen LogP contribution in [0.15, 0.2) is 18.2 Å². The first-order chi connectivity index (χ1) is 9.72. The second-order valence-electron chi connectivity index (χ2n) is 4.99. The van der Waals surface area contributed by atoms with Crippen molar-refractivity contribution in [2.45, 2.75) is 25.8 Å². The van der Waals surface area contributed by atoms with Gasteiger partial charge in [-0.15, -0.1) is 0 Å². The average molecular weight is 294 g/mol. The Morgan fingerprint density at radius 2 is 2.15 bits per heavy atom. The van der Waals surface area contributed by atoms with Gasteiger partial charge in [0.15, 0.2) is 0 Å². The van der Waals surface area contributed by atoms with Gasteiger partial charge in [0.1, 0.15) is 0 Å². The predicted molar refractivity (Wildman–Crippen MR) is 84.6 cm³/mol. The summed E-state index contributed by atoms with van der Waals surface area (Å²) in [5, 5.41) is 15.0. The van der Waals surface area contributed by atoms with Gasteiger partial charge in [-0.25, -0.2) is 0 Å². The number of benzene rings is 1. The number of hydrogen-bond acceptors (Lipinski definition) is 4. The van der Waals surface area contributed by atoms with Crippen molar-refractivity contribution >= 4 is 23.4 Å². The Bertz CT molecular complexity index is 459. The molecule has 1 aromatic rings. The fourth-order valence-corrected chi connectivity index (χ4v) is 3.47. The maximum Gasteiger partial charge on any atom is 0.251 e. The van der Waals surface area contributed by atoms with Crippen LogP contribution < -0.4 is 10.6 Å². The summed E-state index contributed by atoms with van der Waals surface area (Å²) in [5.74, 6) is 2.28. The Hall–Kier alpha value is -1.20. The highest BCUT2D eigenvalue weighted by Gasteiger charge is 2.16. The molecule has 0 spiro atoms. The highest BCUT2D eigenvalue weighted by atomic mass is 32.2. The van der Waals surface area contributed by atoms with E-state index in [1.165, 1.54) is 24.3 Å². The zero-order chi connectivity index (χ0) is 14.4. The molecule has 1 heterocycles. The molecule has 4 nitrogen and oxygen atoms in total. The van der Waals surface area contributed by atoms with Gasteiger partial charge in [-0.2, -0.15) is 11.8 Å². The van der Waals surface area contributed by atoms with Gasteiger partial charge in [-0.3, -0.25) is 4.79 Å². The Labute approximate surface area is 124 Å². The van der Waals surface area contributed by atoms with E-state index in [1.807, 2.05) is 36.9 Å². The van der Waals surface area contributed by atoms with Gasteiger partial charge in [0.25, 0.3) is 5.91 Å². The van der Waals surface area contributed by atoms with Gasteiger partial charge in [-0.1, -0.05) is 6.07 Å². The lowest BCUT2D eigenvalue weighted by Crippen LogP contribution is -2.28. The Morgan fingerprint density at radius 1 is 1.40 bits per heavy atom. The third kappa shape index (κ3) is 3.90. The first-order valence-electron chi connectivity index (χ1n) is 7.05. The molecule has 0 saturated carbocycles. The molecule has 5 heteroatoms. The summed E-state index contributed by atoms with van der Waals surface area (Å²) >= 11 is 2.00. The largest absolute Gasteiger partial charge is 0.395 e. The molecule has 0 aliphatic carbocycles. The topological polar surface area (TPSA) is 61.4 Å². The van der Waals surface area contributed by atoms with E-state index in [4.69, 9.17) is 5.11 Å². The minimum atomic E-state index is -0.126. The third-order valence-corrected chi connectivity index (χ3v) is 4.61. The van der Waals surface area contributed by atoms with Crippen LogP contribution in [0.4, 0.5) is 5.69 Å². The normalized spacial score (nSPS) is 15.9. The van der Waals surface area contributed by atoms with Crippen LogP contribution >= 0.6 is 11.8 Å². The monoisotopic (exact) mass is 294 g/mol. The molecule has 1 fully saturated rings. The van der Waals surface area contributed by atoms with E-state index in [0.29, 0.717) is 11.6 Å². The zero-order valence-electron chi connectivity index (χ0n) is 11.8. The van der Waals surface area contributed by atoms with E-state index in [1.54, 1.807) is 0 Å². The molecule has 0 bridgehead atoms. The summed E-state index contributed by atoms with van der Waals surface area (Å²) in [7, 11) is 0.